The van der Waals surface area contributed by atoms with Gasteiger partial charge in [-0.2, -0.15) is 0 Å². The number of ketones is 1. The zero-order chi connectivity index (χ0) is 19.0. The van der Waals surface area contributed by atoms with Crippen molar-refractivity contribution in [2.24, 2.45) is 11.8 Å². The third kappa shape index (κ3) is 3.93. The van der Waals surface area contributed by atoms with Gasteiger partial charge in [-0.05, 0) is 48.9 Å². The lowest BCUT2D eigenvalue weighted by Crippen LogP contribution is -2.30. The molecule has 27 heavy (non-hydrogen) atoms. The van der Waals surface area contributed by atoms with Gasteiger partial charge in [0.05, 0.1) is 18.8 Å². The van der Waals surface area contributed by atoms with Crippen molar-refractivity contribution in [1.82, 2.24) is 9.88 Å². The molecule has 1 saturated carbocycles. The summed E-state index contributed by atoms with van der Waals surface area (Å²) in [5.74, 6) is -0.363. The van der Waals surface area contributed by atoms with Crippen molar-refractivity contribution in [3.05, 3.63) is 53.9 Å². The van der Waals surface area contributed by atoms with E-state index in [1.165, 1.54) is 12.1 Å². The van der Waals surface area contributed by atoms with Crippen LogP contribution in [0.4, 0.5) is 8.78 Å². The number of aromatic nitrogens is 1. The summed E-state index contributed by atoms with van der Waals surface area (Å²) in [5.41, 5.74) is 0.0277. The number of aromatic hydroxyl groups is 1. The molecule has 1 aliphatic heterocycles. The first-order valence-corrected chi connectivity index (χ1v) is 9.00. The Morgan fingerprint density at radius 1 is 1.19 bits per heavy atom. The summed E-state index contributed by atoms with van der Waals surface area (Å²) in [6, 6.07) is 7.02. The van der Waals surface area contributed by atoms with E-state index in [1.807, 2.05) is 0 Å². The van der Waals surface area contributed by atoms with Gasteiger partial charge in [0.2, 0.25) is 0 Å². The van der Waals surface area contributed by atoms with E-state index in [0.717, 1.165) is 38.2 Å². The number of rotatable bonds is 5. The van der Waals surface area contributed by atoms with Crippen LogP contribution < -0.4 is 4.74 Å². The molecule has 2 aliphatic rings. The van der Waals surface area contributed by atoms with Crippen molar-refractivity contribution in [2.45, 2.75) is 18.9 Å². The average Bonchev–Trinajstić information content (AvgIpc) is 3.17. The molecule has 1 saturated heterocycles. The van der Waals surface area contributed by atoms with E-state index in [4.69, 9.17) is 4.74 Å². The minimum atomic E-state index is -0.840. The molecule has 1 unspecified atom stereocenters. The van der Waals surface area contributed by atoms with Crippen LogP contribution in [0.1, 0.15) is 23.3 Å². The summed E-state index contributed by atoms with van der Waals surface area (Å²) in [6.45, 7) is 1.77. The summed E-state index contributed by atoms with van der Waals surface area (Å²) < 4.78 is 32.3. The van der Waals surface area contributed by atoms with Gasteiger partial charge >= 0.3 is 0 Å². The smallest absolute Gasteiger partial charge is 0.195 e. The van der Waals surface area contributed by atoms with Crippen LogP contribution in [0.15, 0.2) is 36.5 Å². The largest absolute Gasteiger partial charge is 0.504 e. The van der Waals surface area contributed by atoms with Crippen molar-refractivity contribution in [3.63, 3.8) is 0 Å². The van der Waals surface area contributed by atoms with Crippen LogP contribution in [0.5, 0.6) is 11.5 Å². The van der Waals surface area contributed by atoms with E-state index < -0.39 is 11.6 Å². The third-order valence-corrected chi connectivity index (χ3v) is 5.39. The normalized spacial score (nSPS) is 24.7. The van der Waals surface area contributed by atoms with Crippen LogP contribution >= 0.6 is 0 Å². The van der Waals surface area contributed by atoms with Gasteiger partial charge < -0.3 is 9.84 Å². The monoisotopic (exact) mass is 374 g/mol. The second kappa shape index (κ2) is 7.23. The number of nitrogens with zero attached hydrogens (tertiary/aromatic N) is 2. The molecule has 1 aliphatic carbocycles. The van der Waals surface area contributed by atoms with Crippen molar-refractivity contribution in [1.29, 1.82) is 0 Å². The number of pyridine rings is 1. The molecule has 2 fully saturated rings. The van der Waals surface area contributed by atoms with Gasteiger partial charge in [0, 0.05) is 19.2 Å². The molecular weight excluding hydrogens is 354 g/mol. The zero-order valence-electron chi connectivity index (χ0n) is 14.6. The number of carbonyl (C=O) groups is 1. The maximum Gasteiger partial charge on any atom is 0.195 e. The fraction of sp³-hybridized carbons (Fsp3) is 0.400. The number of benzene rings is 1. The molecule has 0 spiro atoms. The van der Waals surface area contributed by atoms with Gasteiger partial charge in [0.1, 0.15) is 17.3 Å². The summed E-state index contributed by atoms with van der Waals surface area (Å²) in [6.07, 6.45) is 2.87. The second-order valence-corrected chi connectivity index (χ2v) is 7.32. The molecule has 1 aromatic carbocycles. The second-order valence-electron chi connectivity index (χ2n) is 7.32. The van der Waals surface area contributed by atoms with Crippen LogP contribution in [-0.4, -0.2) is 46.5 Å². The molecule has 2 heterocycles. The van der Waals surface area contributed by atoms with Gasteiger partial charge in [-0.1, -0.05) is 0 Å². The van der Waals surface area contributed by atoms with Crippen LogP contribution in [0.2, 0.25) is 0 Å². The number of hydrogen-bond donors (Lipinski definition) is 1. The molecule has 5 nitrogen and oxygen atoms in total. The summed E-state index contributed by atoms with van der Waals surface area (Å²) >= 11 is 0. The van der Waals surface area contributed by atoms with Gasteiger partial charge in [0.25, 0.3) is 0 Å². The number of halogens is 2. The SMILES string of the molecule is O=C(CN1C[C@H]2CC(Oc3ccc(F)cc3)C[C@H]2C1)c1cc(F)c(O)cn1. The van der Waals surface area contributed by atoms with Gasteiger partial charge in [-0.15, -0.1) is 0 Å². The maximum absolute atomic E-state index is 13.4. The molecule has 0 radical (unpaired) electrons. The first-order chi connectivity index (χ1) is 13.0. The lowest BCUT2D eigenvalue weighted by molar-refractivity contribution is 0.0931. The van der Waals surface area contributed by atoms with Gasteiger partial charge in [-0.3, -0.25) is 9.69 Å². The fourth-order valence-electron chi connectivity index (χ4n) is 4.13. The van der Waals surface area contributed by atoms with E-state index in [0.29, 0.717) is 17.6 Å². The number of likely N-dealkylation sites (tertiary alicyclic amines) is 1. The Kier molecular flexibility index (Phi) is 4.78. The summed E-state index contributed by atoms with van der Waals surface area (Å²) in [4.78, 5) is 18.2. The van der Waals surface area contributed by atoms with E-state index in [1.54, 1.807) is 12.1 Å². The molecule has 7 heteroatoms. The number of ether oxygens (including phenoxy) is 1. The predicted octanol–water partition coefficient (Wildman–Crippen LogP) is 3.04. The maximum atomic E-state index is 13.4. The Labute approximate surface area is 155 Å². The van der Waals surface area contributed by atoms with Crippen LogP contribution in [-0.2, 0) is 0 Å². The minimum absolute atomic E-state index is 0.0277. The number of carbonyl (C=O) groups excluding carboxylic acids is 1. The molecule has 4 rings (SSSR count). The standard InChI is InChI=1S/C20H20F2N2O3/c21-14-1-3-15(4-2-14)27-16-5-12-9-24(10-13(12)6-16)11-20(26)18-7-17(22)19(25)8-23-18/h1-4,7-8,12-13,16,25H,5-6,9-11H2/t12-,13+,16?. The lowest BCUT2D eigenvalue weighted by atomic mass is 10.0. The average molecular weight is 374 g/mol. The van der Waals surface area contributed by atoms with E-state index in [9.17, 15) is 18.7 Å². The Balaban J connectivity index is 1.30. The Hall–Kier alpha value is -2.54. The Bertz CT molecular complexity index is 830. The zero-order valence-corrected chi connectivity index (χ0v) is 14.6. The van der Waals surface area contributed by atoms with Gasteiger partial charge in [-0.25, -0.2) is 13.8 Å². The van der Waals surface area contributed by atoms with Gasteiger partial charge in [0.15, 0.2) is 17.3 Å². The first kappa shape index (κ1) is 17.9. The molecule has 1 aromatic heterocycles. The lowest BCUT2D eigenvalue weighted by Gasteiger charge is -2.19. The highest BCUT2D eigenvalue weighted by atomic mass is 19.1. The van der Waals surface area contributed by atoms with Crippen molar-refractivity contribution < 1.29 is 23.4 Å². The van der Waals surface area contributed by atoms with Crippen molar-refractivity contribution in [3.8, 4) is 11.5 Å². The van der Waals surface area contributed by atoms with Crippen LogP contribution in [0.25, 0.3) is 0 Å². The fourth-order valence-corrected chi connectivity index (χ4v) is 4.13. The van der Waals surface area contributed by atoms with E-state index >= 15 is 0 Å². The molecule has 2 aromatic rings. The highest BCUT2D eigenvalue weighted by Gasteiger charge is 2.42. The van der Waals surface area contributed by atoms with Crippen molar-refractivity contribution >= 4 is 5.78 Å². The molecule has 0 amide bonds. The molecule has 142 valence electrons. The number of fused-ring (bicyclic) bond motifs is 1. The summed E-state index contributed by atoms with van der Waals surface area (Å²) in [7, 11) is 0. The number of hydrogen-bond acceptors (Lipinski definition) is 5. The van der Waals surface area contributed by atoms with Crippen molar-refractivity contribution in [2.75, 3.05) is 19.6 Å². The topological polar surface area (TPSA) is 62.7 Å². The van der Waals surface area contributed by atoms with Crippen LogP contribution in [0, 0.1) is 23.5 Å². The van der Waals surface area contributed by atoms with Crippen LogP contribution in [0.3, 0.4) is 0 Å². The quantitative estimate of drug-likeness (QED) is 0.815. The molecular formula is C20H20F2N2O3. The summed E-state index contributed by atoms with van der Waals surface area (Å²) in [5, 5.41) is 9.17. The first-order valence-electron chi connectivity index (χ1n) is 9.00. The highest BCUT2D eigenvalue weighted by Crippen LogP contribution is 2.39. The Morgan fingerprint density at radius 3 is 2.48 bits per heavy atom. The Morgan fingerprint density at radius 2 is 1.85 bits per heavy atom. The van der Waals surface area contributed by atoms with E-state index in [2.05, 4.69) is 9.88 Å². The number of Topliss-reactive ketones (excluding diaryl/α,β-unsaturated/α-hetero) is 1. The third-order valence-electron chi connectivity index (χ3n) is 5.39. The highest BCUT2D eigenvalue weighted by molar-refractivity contribution is 5.95. The predicted molar refractivity (Wildman–Crippen MR) is 93.7 cm³/mol. The minimum Gasteiger partial charge on any atom is -0.504 e. The van der Waals surface area contributed by atoms with E-state index in [-0.39, 0.29) is 29.9 Å². The molecule has 0 bridgehead atoms. The molecule has 3 atom stereocenters. The molecule has 1 N–H and O–H groups in total.